The Kier molecular flexibility index (Phi) is 4.51. The molecule has 1 amide bonds. The summed E-state index contributed by atoms with van der Waals surface area (Å²) < 4.78 is 13.6. The third-order valence-corrected chi connectivity index (χ3v) is 5.49. The summed E-state index contributed by atoms with van der Waals surface area (Å²) in [4.78, 5) is 31.8. The second-order valence-electron chi connectivity index (χ2n) is 7.56. The molecule has 3 aromatic rings. The number of nitrogens with one attached hydrogen (secondary N) is 1. The van der Waals surface area contributed by atoms with Gasteiger partial charge in [-0.15, -0.1) is 0 Å². The minimum absolute atomic E-state index is 0.0111. The minimum atomic E-state index is -0.423. The van der Waals surface area contributed by atoms with Gasteiger partial charge in [0.1, 0.15) is 5.82 Å². The molecule has 2 heterocycles. The van der Waals surface area contributed by atoms with E-state index in [9.17, 15) is 14.0 Å². The molecule has 1 fully saturated rings. The van der Waals surface area contributed by atoms with Gasteiger partial charge >= 0.3 is 0 Å². The van der Waals surface area contributed by atoms with Crippen LogP contribution in [0, 0.1) is 12.7 Å². The van der Waals surface area contributed by atoms with Crippen molar-refractivity contribution in [1.82, 2.24) is 14.8 Å². The molecule has 1 N–H and O–H groups in total. The molecule has 1 aromatic heterocycles. The van der Waals surface area contributed by atoms with Crippen LogP contribution in [0.1, 0.15) is 15.9 Å². The Morgan fingerprint density at radius 2 is 1.82 bits per heavy atom. The van der Waals surface area contributed by atoms with Gasteiger partial charge in [0.05, 0.1) is 11.4 Å². The van der Waals surface area contributed by atoms with Gasteiger partial charge in [-0.05, 0) is 60.8 Å². The molecule has 0 unspecified atom stereocenters. The molecule has 6 heteroatoms. The number of likely N-dealkylation sites (N-methyl/N-ethyl adjacent to an activating group) is 2. The van der Waals surface area contributed by atoms with Crippen molar-refractivity contribution in [2.24, 2.45) is 0 Å². The van der Waals surface area contributed by atoms with E-state index >= 15 is 0 Å². The predicted molar refractivity (Wildman–Crippen MR) is 108 cm³/mol. The van der Waals surface area contributed by atoms with Gasteiger partial charge in [0.15, 0.2) is 0 Å². The highest BCUT2D eigenvalue weighted by molar-refractivity contribution is 5.95. The summed E-state index contributed by atoms with van der Waals surface area (Å²) in [7, 11) is 3.86. The normalized spacial score (nSPS) is 14.9. The van der Waals surface area contributed by atoms with E-state index in [0.29, 0.717) is 27.6 Å². The molecule has 2 aromatic carbocycles. The van der Waals surface area contributed by atoms with E-state index in [-0.39, 0.29) is 17.5 Å². The molecule has 0 bridgehead atoms. The topological polar surface area (TPSA) is 56.4 Å². The van der Waals surface area contributed by atoms with Crippen LogP contribution in [-0.2, 0) is 0 Å². The monoisotopic (exact) mass is 379 g/mol. The maximum atomic E-state index is 13.6. The molecule has 144 valence electrons. The molecule has 1 aliphatic heterocycles. The Morgan fingerprint density at radius 1 is 1.14 bits per heavy atom. The van der Waals surface area contributed by atoms with E-state index in [0.717, 1.165) is 18.7 Å². The van der Waals surface area contributed by atoms with Crippen molar-refractivity contribution in [3.05, 3.63) is 69.8 Å². The quantitative estimate of drug-likeness (QED) is 0.761. The van der Waals surface area contributed by atoms with Gasteiger partial charge in [0.25, 0.3) is 11.5 Å². The van der Waals surface area contributed by atoms with Crippen LogP contribution >= 0.6 is 0 Å². The van der Waals surface area contributed by atoms with Crippen molar-refractivity contribution in [3.63, 3.8) is 0 Å². The first kappa shape index (κ1) is 18.4. The number of H-pyrrole nitrogens is 1. The van der Waals surface area contributed by atoms with Gasteiger partial charge in [-0.3, -0.25) is 9.59 Å². The Morgan fingerprint density at radius 3 is 2.46 bits per heavy atom. The van der Waals surface area contributed by atoms with E-state index in [1.54, 1.807) is 24.0 Å². The maximum absolute atomic E-state index is 13.6. The smallest absolute Gasteiger partial charge is 0.256 e. The molecule has 0 aliphatic carbocycles. The Balaban J connectivity index is 1.64. The van der Waals surface area contributed by atoms with Crippen LogP contribution in [0.4, 0.5) is 4.39 Å². The average Bonchev–Trinajstić information content (AvgIpc) is 2.65. The van der Waals surface area contributed by atoms with Gasteiger partial charge < -0.3 is 14.8 Å². The van der Waals surface area contributed by atoms with Crippen molar-refractivity contribution in [3.8, 4) is 11.3 Å². The number of amides is 1. The Bertz CT molecular complexity index is 1120. The molecule has 4 rings (SSSR count). The molecular weight excluding hydrogens is 357 g/mol. The fourth-order valence-electron chi connectivity index (χ4n) is 3.73. The zero-order valence-corrected chi connectivity index (χ0v) is 16.1. The van der Waals surface area contributed by atoms with Crippen LogP contribution in [0.15, 0.2) is 47.3 Å². The lowest BCUT2D eigenvalue weighted by Crippen LogP contribution is -2.57. The van der Waals surface area contributed by atoms with E-state index in [4.69, 9.17) is 0 Å². The number of rotatable bonds is 3. The third-order valence-electron chi connectivity index (χ3n) is 5.49. The average molecular weight is 379 g/mol. The van der Waals surface area contributed by atoms with E-state index in [1.165, 1.54) is 12.1 Å². The maximum Gasteiger partial charge on any atom is 0.256 e. The number of carbonyl (C=O) groups is 1. The summed E-state index contributed by atoms with van der Waals surface area (Å²) in [6, 6.07) is 12.0. The molecule has 1 aliphatic rings. The molecule has 0 spiro atoms. The predicted octanol–water partition coefficient (Wildman–Crippen LogP) is 3.03. The standard InChI is InChI=1S/C22H22FN3O2/c1-13-8-16(23)9-19-18(13)10-20(24-21(19)27)14-4-6-15(7-5-14)22(28)26(3)17-11-25(2)12-17/h4-10,17H,11-12H2,1-3H3,(H,24,27). The largest absolute Gasteiger partial charge is 0.336 e. The summed E-state index contributed by atoms with van der Waals surface area (Å²) >= 11 is 0. The van der Waals surface area contributed by atoms with Crippen molar-refractivity contribution in [2.45, 2.75) is 13.0 Å². The zero-order valence-electron chi connectivity index (χ0n) is 16.1. The summed E-state index contributed by atoms with van der Waals surface area (Å²) in [5, 5.41) is 1.05. The van der Waals surface area contributed by atoms with Crippen molar-refractivity contribution >= 4 is 16.7 Å². The van der Waals surface area contributed by atoms with Crippen LogP contribution in [0.2, 0.25) is 0 Å². The van der Waals surface area contributed by atoms with E-state index < -0.39 is 5.82 Å². The third kappa shape index (κ3) is 3.20. The number of pyridine rings is 1. The van der Waals surface area contributed by atoms with Crippen LogP contribution in [0.3, 0.4) is 0 Å². The van der Waals surface area contributed by atoms with Crippen LogP contribution in [0.5, 0.6) is 0 Å². The lowest BCUT2D eigenvalue weighted by Gasteiger charge is -2.41. The fourth-order valence-corrected chi connectivity index (χ4v) is 3.73. The van der Waals surface area contributed by atoms with Crippen molar-refractivity contribution in [1.29, 1.82) is 0 Å². The molecular formula is C22H22FN3O2. The fraction of sp³-hybridized carbons (Fsp3) is 0.273. The van der Waals surface area contributed by atoms with Gasteiger partial charge in [-0.25, -0.2) is 4.39 Å². The second kappa shape index (κ2) is 6.87. The summed E-state index contributed by atoms with van der Waals surface area (Å²) in [5.41, 5.74) is 2.43. The minimum Gasteiger partial charge on any atom is -0.336 e. The number of carbonyl (C=O) groups excluding carboxylic acids is 1. The van der Waals surface area contributed by atoms with E-state index in [1.807, 2.05) is 32.3 Å². The first-order valence-corrected chi connectivity index (χ1v) is 9.23. The van der Waals surface area contributed by atoms with E-state index in [2.05, 4.69) is 9.88 Å². The number of aryl methyl sites for hydroxylation is 1. The van der Waals surface area contributed by atoms with Crippen molar-refractivity contribution < 1.29 is 9.18 Å². The number of likely N-dealkylation sites (tertiary alicyclic amines) is 1. The number of benzene rings is 2. The van der Waals surface area contributed by atoms with Gasteiger partial charge in [-0.2, -0.15) is 0 Å². The van der Waals surface area contributed by atoms with Gasteiger partial charge in [0.2, 0.25) is 0 Å². The molecule has 0 atom stereocenters. The number of fused-ring (bicyclic) bond motifs is 1. The summed E-state index contributed by atoms with van der Waals surface area (Å²) in [5.74, 6) is -0.434. The van der Waals surface area contributed by atoms with Crippen LogP contribution in [-0.4, -0.2) is 53.9 Å². The number of aromatic nitrogens is 1. The molecule has 1 saturated heterocycles. The highest BCUT2D eigenvalue weighted by atomic mass is 19.1. The highest BCUT2D eigenvalue weighted by Gasteiger charge is 2.30. The van der Waals surface area contributed by atoms with Gasteiger partial charge in [-0.1, -0.05) is 12.1 Å². The zero-order chi connectivity index (χ0) is 20.0. The Labute approximate surface area is 162 Å². The summed E-state index contributed by atoms with van der Waals surface area (Å²) in [6.07, 6.45) is 0. The second-order valence-corrected chi connectivity index (χ2v) is 7.56. The molecule has 28 heavy (non-hydrogen) atoms. The highest BCUT2D eigenvalue weighted by Crippen LogP contribution is 2.24. The molecule has 5 nitrogen and oxygen atoms in total. The van der Waals surface area contributed by atoms with Gasteiger partial charge in [0, 0.05) is 31.4 Å². The number of hydrogen-bond acceptors (Lipinski definition) is 3. The first-order valence-electron chi connectivity index (χ1n) is 9.23. The first-order chi connectivity index (χ1) is 13.3. The number of halogens is 1. The SMILES string of the molecule is Cc1cc(F)cc2c(=O)[nH]c(-c3ccc(C(=O)N(C)C4CN(C)C4)cc3)cc12. The number of aromatic amines is 1. The summed E-state index contributed by atoms with van der Waals surface area (Å²) in [6.45, 7) is 3.56. The number of hydrogen-bond donors (Lipinski definition) is 1. The lowest BCUT2D eigenvalue weighted by atomic mass is 10.0. The van der Waals surface area contributed by atoms with Crippen LogP contribution < -0.4 is 5.56 Å². The molecule has 0 saturated carbocycles. The van der Waals surface area contributed by atoms with Crippen molar-refractivity contribution in [2.75, 3.05) is 27.2 Å². The number of nitrogens with zero attached hydrogens (tertiary/aromatic N) is 2. The van der Waals surface area contributed by atoms with Crippen LogP contribution in [0.25, 0.3) is 22.0 Å². The molecule has 0 radical (unpaired) electrons. The lowest BCUT2D eigenvalue weighted by molar-refractivity contribution is 0.0460. The Hall–Kier alpha value is -2.99.